The third-order valence-electron chi connectivity index (χ3n) is 1.42. The lowest BCUT2D eigenvalue weighted by atomic mass is 10.0. The van der Waals surface area contributed by atoms with Crippen molar-refractivity contribution in [3.63, 3.8) is 0 Å². The summed E-state index contributed by atoms with van der Waals surface area (Å²) in [4.78, 5) is 0. The molecule has 0 fully saturated rings. The Morgan fingerprint density at radius 3 is 1.92 bits per heavy atom. The van der Waals surface area contributed by atoms with Crippen LogP contribution >= 0.6 is 12.2 Å². The van der Waals surface area contributed by atoms with E-state index in [2.05, 4.69) is 12.2 Å². The van der Waals surface area contributed by atoms with E-state index in [4.69, 9.17) is 25.5 Å². The van der Waals surface area contributed by atoms with Crippen molar-refractivity contribution in [1.82, 2.24) is 0 Å². The van der Waals surface area contributed by atoms with Crippen LogP contribution in [0.2, 0.25) is 0 Å². The van der Waals surface area contributed by atoms with Gasteiger partial charge >= 0.3 is 0 Å². The highest BCUT2D eigenvalue weighted by Crippen LogP contribution is 2.03. The fourth-order valence-corrected chi connectivity index (χ4v) is 0.779. The zero-order valence-corrected chi connectivity index (χ0v) is 7.05. The average molecular weight is 196 g/mol. The van der Waals surface area contributed by atoms with Crippen molar-refractivity contribution < 1.29 is 25.5 Å². The Kier molecular flexibility index (Phi) is 5.47. The maximum absolute atomic E-state index is 9.02. The smallest absolute Gasteiger partial charge is 0.113 e. The van der Waals surface area contributed by atoms with Gasteiger partial charge in [-0.2, -0.15) is 0 Å². The molecular weight excluding hydrogens is 184 g/mol. The molecule has 0 radical (unpaired) electrons. The Bertz CT molecular complexity index is 142. The van der Waals surface area contributed by atoms with E-state index >= 15 is 0 Å². The second-order valence-corrected chi connectivity index (χ2v) is 2.63. The van der Waals surface area contributed by atoms with Crippen LogP contribution < -0.4 is 0 Å². The lowest BCUT2D eigenvalue weighted by Gasteiger charge is -2.23. The molecule has 6 heteroatoms. The Labute approximate surface area is 74.9 Å². The average Bonchev–Trinajstić information content (AvgIpc) is 2.12. The van der Waals surface area contributed by atoms with Gasteiger partial charge in [0.25, 0.3) is 0 Å². The first-order valence-electron chi connectivity index (χ1n) is 3.33. The first kappa shape index (κ1) is 11.9. The number of thiocarbonyl (C=S) groups is 1. The molecule has 0 unspecified atom stereocenters. The van der Waals surface area contributed by atoms with E-state index in [0.29, 0.717) is 0 Å². The van der Waals surface area contributed by atoms with Crippen molar-refractivity contribution in [2.45, 2.75) is 24.4 Å². The molecule has 0 aromatic carbocycles. The number of aliphatic hydroxyl groups is 5. The maximum atomic E-state index is 9.02. The van der Waals surface area contributed by atoms with Gasteiger partial charge in [-0.05, 0) is 0 Å². The summed E-state index contributed by atoms with van der Waals surface area (Å²) in [6, 6.07) is 0. The molecule has 72 valence electrons. The van der Waals surface area contributed by atoms with Crippen molar-refractivity contribution >= 4 is 17.6 Å². The fraction of sp³-hybridized carbons (Fsp3) is 0.833. The van der Waals surface area contributed by atoms with Crippen LogP contribution in [0.25, 0.3) is 0 Å². The minimum atomic E-state index is -1.61. The minimum absolute atomic E-state index is 0.692. The highest BCUT2D eigenvalue weighted by atomic mass is 32.1. The van der Waals surface area contributed by atoms with Crippen molar-refractivity contribution in [2.24, 2.45) is 0 Å². The van der Waals surface area contributed by atoms with E-state index < -0.39 is 31.0 Å². The van der Waals surface area contributed by atoms with Gasteiger partial charge in [-0.15, -0.1) is 0 Å². The third-order valence-corrected chi connectivity index (χ3v) is 1.70. The van der Waals surface area contributed by atoms with Crippen LogP contribution in [0.4, 0.5) is 0 Å². The molecule has 0 aromatic rings. The van der Waals surface area contributed by atoms with Gasteiger partial charge in [0.1, 0.15) is 24.4 Å². The van der Waals surface area contributed by atoms with Gasteiger partial charge in [-0.25, -0.2) is 0 Å². The Morgan fingerprint density at radius 2 is 1.58 bits per heavy atom. The molecule has 5 N–H and O–H groups in total. The molecule has 0 rings (SSSR count). The van der Waals surface area contributed by atoms with Gasteiger partial charge in [0.2, 0.25) is 0 Å². The summed E-state index contributed by atoms with van der Waals surface area (Å²) in [6.45, 7) is -0.692. The predicted octanol–water partition coefficient (Wildman–Crippen LogP) is -2.58. The van der Waals surface area contributed by atoms with Crippen molar-refractivity contribution in [3.05, 3.63) is 0 Å². The van der Waals surface area contributed by atoms with E-state index in [9.17, 15) is 0 Å². The zero-order chi connectivity index (χ0) is 9.72. The van der Waals surface area contributed by atoms with Gasteiger partial charge in [-0.3, -0.25) is 0 Å². The number of hydrogen-bond acceptors (Lipinski definition) is 6. The summed E-state index contributed by atoms with van der Waals surface area (Å²) < 4.78 is 0. The van der Waals surface area contributed by atoms with E-state index in [-0.39, 0.29) is 0 Å². The maximum Gasteiger partial charge on any atom is 0.113 e. The van der Waals surface area contributed by atoms with Gasteiger partial charge in [0, 0.05) is 5.37 Å². The highest BCUT2D eigenvalue weighted by Gasteiger charge is 2.28. The fourth-order valence-electron chi connectivity index (χ4n) is 0.618. The Hall–Kier alpha value is -0.110. The molecule has 0 aliphatic rings. The number of hydrogen-bond donors (Lipinski definition) is 5. The van der Waals surface area contributed by atoms with Crippen LogP contribution in [0.3, 0.4) is 0 Å². The second kappa shape index (κ2) is 5.52. The van der Waals surface area contributed by atoms with Gasteiger partial charge in [-0.1, -0.05) is 12.2 Å². The molecule has 0 spiro atoms. The number of rotatable bonds is 5. The summed E-state index contributed by atoms with van der Waals surface area (Å²) in [7, 11) is 0. The summed E-state index contributed by atoms with van der Waals surface area (Å²) in [6.07, 6.45) is -6.06. The topological polar surface area (TPSA) is 101 Å². The monoisotopic (exact) mass is 196 g/mol. The van der Waals surface area contributed by atoms with Crippen molar-refractivity contribution in [1.29, 1.82) is 0 Å². The molecule has 4 atom stereocenters. The molecule has 0 aliphatic carbocycles. The van der Waals surface area contributed by atoms with Crippen LogP contribution in [0.5, 0.6) is 0 Å². The lowest BCUT2D eigenvalue weighted by molar-refractivity contribution is -0.0996. The molecule has 5 nitrogen and oxygen atoms in total. The number of aliphatic hydroxyl groups excluding tert-OH is 5. The second-order valence-electron chi connectivity index (χ2n) is 2.36. The summed E-state index contributed by atoms with van der Waals surface area (Å²) in [5.41, 5.74) is 0. The van der Waals surface area contributed by atoms with E-state index in [0.717, 1.165) is 5.37 Å². The molecular formula is C6H12O5S. The van der Waals surface area contributed by atoms with Crippen LogP contribution in [-0.2, 0) is 0 Å². The van der Waals surface area contributed by atoms with E-state index in [1.165, 1.54) is 0 Å². The summed E-state index contributed by atoms with van der Waals surface area (Å²) >= 11 is 4.30. The first-order valence-corrected chi connectivity index (χ1v) is 3.80. The standard InChI is InChI=1S/C6H12O5S/c7-1-3(8)5(10)6(11)4(9)2-12/h2-11H,1H2/t3-,4-,5+,6+/m1/s1. The van der Waals surface area contributed by atoms with E-state index in [1.807, 2.05) is 0 Å². The van der Waals surface area contributed by atoms with E-state index in [1.54, 1.807) is 0 Å². The highest BCUT2D eigenvalue weighted by molar-refractivity contribution is 7.79. The minimum Gasteiger partial charge on any atom is -0.394 e. The normalized spacial score (nSPS) is 21.1. The Morgan fingerprint density at radius 1 is 1.08 bits per heavy atom. The molecule has 0 aliphatic heterocycles. The quantitative estimate of drug-likeness (QED) is 0.310. The van der Waals surface area contributed by atoms with Crippen LogP contribution in [-0.4, -0.2) is 61.9 Å². The van der Waals surface area contributed by atoms with Crippen molar-refractivity contribution in [2.75, 3.05) is 6.61 Å². The van der Waals surface area contributed by atoms with Crippen LogP contribution in [0.15, 0.2) is 0 Å². The zero-order valence-electron chi connectivity index (χ0n) is 6.24. The predicted molar refractivity (Wildman–Crippen MR) is 44.8 cm³/mol. The summed E-state index contributed by atoms with van der Waals surface area (Å²) in [5, 5.41) is 44.9. The molecule has 0 bridgehead atoms. The van der Waals surface area contributed by atoms with Crippen LogP contribution in [0.1, 0.15) is 0 Å². The molecule has 0 heterocycles. The van der Waals surface area contributed by atoms with Gasteiger partial charge < -0.3 is 25.5 Å². The first-order chi connectivity index (χ1) is 5.54. The molecule has 0 amide bonds. The Balaban J connectivity index is 4.07. The van der Waals surface area contributed by atoms with Crippen molar-refractivity contribution in [3.8, 4) is 0 Å². The molecule has 12 heavy (non-hydrogen) atoms. The molecule has 0 aromatic heterocycles. The van der Waals surface area contributed by atoms with Crippen LogP contribution in [0, 0.1) is 0 Å². The molecule has 0 saturated heterocycles. The largest absolute Gasteiger partial charge is 0.394 e. The third kappa shape index (κ3) is 3.10. The van der Waals surface area contributed by atoms with Gasteiger partial charge in [0.15, 0.2) is 0 Å². The van der Waals surface area contributed by atoms with Gasteiger partial charge in [0.05, 0.1) is 6.61 Å². The SMILES string of the molecule is OC[C@@H](O)[C@H](O)[C@@H](O)[C@H](O)C=S. The lowest BCUT2D eigenvalue weighted by Crippen LogP contribution is -2.46. The summed E-state index contributed by atoms with van der Waals surface area (Å²) in [5.74, 6) is 0. The molecule has 0 saturated carbocycles.